The minimum Gasteiger partial charge on any atom is -0.309 e. The molecule has 0 aromatic heterocycles. The zero-order valence-corrected chi connectivity index (χ0v) is 9.65. The van der Waals surface area contributed by atoms with Gasteiger partial charge in [0.2, 0.25) is 0 Å². The van der Waals surface area contributed by atoms with Gasteiger partial charge in [-0.3, -0.25) is 4.90 Å². The zero-order chi connectivity index (χ0) is 10.3. The van der Waals surface area contributed by atoms with Gasteiger partial charge < -0.3 is 5.32 Å². The molecule has 2 fully saturated rings. The predicted octanol–water partition coefficient (Wildman–Crippen LogP) is 1.92. The topological polar surface area (TPSA) is 15.3 Å². The van der Waals surface area contributed by atoms with Gasteiger partial charge in [0.1, 0.15) is 0 Å². The lowest BCUT2D eigenvalue weighted by Gasteiger charge is -2.20. The Kier molecular flexibility index (Phi) is 2.57. The second kappa shape index (κ2) is 3.91. The maximum absolute atomic E-state index is 3.82. The van der Waals surface area contributed by atoms with E-state index < -0.39 is 0 Å². The van der Waals surface area contributed by atoms with Gasteiger partial charge in [0, 0.05) is 30.7 Å². The Hall–Kier alpha value is -0.340. The standard InChI is InChI=1S/C13H22N2/c1-10-8-12(9-15(10)13-6-7-13)14-11-4-2-3-5-11/h2-3,10-14H,4-9H2,1H3. The number of hydrogen-bond donors (Lipinski definition) is 1. The number of likely N-dealkylation sites (tertiary alicyclic amines) is 1. The van der Waals surface area contributed by atoms with Crippen molar-refractivity contribution in [2.75, 3.05) is 6.54 Å². The van der Waals surface area contributed by atoms with Crippen LogP contribution in [0.15, 0.2) is 12.2 Å². The molecule has 0 aromatic carbocycles. The van der Waals surface area contributed by atoms with Gasteiger partial charge in [-0.2, -0.15) is 0 Å². The summed E-state index contributed by atoms with van der Waals surface area (Å²) in [6.07, 6.45) is 11.4. The predicted molar refractivity (Wildman–Crippen MR) is 62.9 cm³/mol. The number of nitrogens with zero attached hydrogens (tertiary/aromatic N) is 1. The Labute approximate surface area is 92.7 Å². The van der Waals surface area contributed by atoms with Crippen molar-refractivity contribution in [2.45, 2.75) is 63.2 Å². The molecule has 2 atom stereocenters. The van der Waals surface area contributed by atoms with E-state index in [1.54, 1.807) is 0 Å². The third kappa shape index (κ3) is 2.11. The minimum atomic E-state index is 0.737. The lowest BCUT2D eigenvalue weighted by Crippen LogP contribution is -2.39. The van der Waals surface area contributed by atoms with Crippen molar-refractivity contribution >= 4 is 0 Å². The van der Waals surface area contributed by atoms with E-state index in [0.717, 1.165) is 24.2 Å². The first kappa shape index (κ1) is 9.86. The van der Waals surface area contributed by atoms with E-state index in [1.165, 1.54) is 38.6 Å². The molecule has 84 valence electrons. The molecule has 0 amide bonds. The Morgan fingerprint density at radius 3 is 2.53 bits per heavy atom. The summed E-state index contributed by atoms with van der Waals surface area (Å²) in [7, 11) is 0. The van der Waals surface area contributed by atoms with Crippen LogP contribution in [0, 0.1) is 0 Å². The summed E-state index contributed by atoms with van der Waals surface area (Å²) < 4.78 is 0. The van der Waals surface area contributed by atoms with Gasteiger partial charge >= 0.3 is 0 Å². The molecule has 2 heteroatoms. The quantitative estimate of drug-likeness (QED) is 0.710. The summed E-state index contributed by atoms with van der Waals surface area (Å²) in [5, 5.41) is 3.82. The summed E-state index contributed by atoms with van der Waals surface area (Å²) >= 11 is 0. The van der Waals surface area contributed by atoms with Gasteiger partial charge in [-0.05, 0) is 39.0 Å². The fourth-order valence-electron chi connectivity index (χ4n) is 3.18. The van der Waals surface area contributed by atoms with Crippen LogP contribution in [0.1, 0.15) is 39.0 Å². The zero-order valence-electron chi connectivity index (χ0n) is 9.65. The summed E-state index contributed by atoms with van der Waals surface area (Å²) in [6, 6.07) is 3.24. The molecule has 0 spiro atoms. The van der Waals surface area contributed by atoms with Gasteiger partial charge in [0.25, 0.3) is 0 Å². The van der Waals surface area contributed by atoms with Crippen molar-refractivity contribution in [2.24, 2.45) is 0 Å². The van der Waals surface area contributed by atoms with Crippen LogP contribution in [0.3, 0.4) is 0 Å². The summed E-state index contributed by atoms with van der Waals surface area (Å²) in [5.41, 5.74) is 0. The van der Waals surface area contributed by atoms with Crippen molar-refractivity contribution in [1.29, 1.82) is 0 Å². The molecule has 1 saturated heterocycles. The Bertz CT molecular complexity index is 247. The van der Waals surface area contributed by atoms with E-state index in [-0.39, 0.29) is 0 Å². The average Bonchev–Trinajstić information content (AvgIpc) is 2.81. The summed E-state index contributed by atoms with van der Waals surface area (Å²) in [6.45, 7) is 3.69. The molecule has 0 radical (unpaired) electrons. The third-order valence-corrected chi connectivity index (χ3v) is 4.12. The highest BCUT2D eigenvalue weighted by molar-refractivity contribution is 5.01. The van der Waals surface area contributed by atoms with Crippen molar-refractivity contribution in [3.05, 3.63) is 12.2 Å². The SMILES string of the molecule is CC1CC(NC2CC=CC2)CN1C1CC1. The second-order valence-electron chi connectivity index (χ2n) is 5.52. The molecule has 3 rings (SSSR count). The third-order valence-electron chi connectivity index (χ3n) is 4.12. The molecule has 0 bridgehead atoms. The molecule has 0 aromatic rings. The lowest BCUT2D eigenvalue weighted by atomic mass is 10.1. The number of nitrogens with one attached hydrogen (secondary N) is 1. The molecule has 1 saturated carbocycles. The van der Waals surface area contributed by atoms with E-state index >= 15 is 0 Å². The van der Waals surface area contributed by atoms with Gasteiger partial charge in [-0.1, -0.05) is 12.2 Å². The molecule has 1 aliphatic heterocycles. The molecule has 1 heterocycles. The van der Waals surface area contributed by atoms with E-state index in [4.69, 9.17) is 0 Å². The molecule has 2 nitrogen and oxygen atoms in total. The van der Waals surface area contributed by atoms with Crippen LogP contribution >= 0.6 is 0 Å². The molecule has 3 aliphatic rings. The number of rotatable bonds is 3. The van der Waals surface area contributed by atoms with Crippen LogP contribution in [-0.2, 0) is 0 Å². The Balaban J connectivity index is 1.51. The van der Waals surface area contributed by atoms with Gasteiger partial charge in [0.15, 0.2) is 0 Å². The molecule has 2 unspecified atom stereocenters. The van der Waals surface area contributed by atoms with Gasteiger partial charge in [0.05, 0.1) is 0 Å². The van der Waals surface area contributed by atoms with Crippen molar-refractivity contribution in [3.63, 3.8) is 0 Å². The van der Waals surface area contributed by atoms with E-state index in [1.807, 2.05) is 0 Å². The molecule has 1 N–H and O–H groups in total. The Morgan fingerprint density at radius 1 is 1.13 bits per heavy atom. The van der Waals surface area contributed by atoms with Crippen LogP contribution in [0.5, 0.6) is 0 Å². The number of hydrogen-bond acceptors (Lipinski definition) is 2. The highest BCUT2D eigenvalue weighted by Gasteiger charge is 2.39. The summed E-state index contributed by atoms with van der Waals surface area (Å²) in [4.78, 5) is 2.72. The maximum atomic E-state index is 3.82. The first-order valence-corrected chi connectivity index (χ1v) is 6.49. The van der Waals surface area contributed by atoms with Crippen molar-refractivity contribution < 1.29 is 0 Å². The average molecular weight is 206 g/mol. The smallest absolute Gasteiger partial charge is 0.0212 e. The first-order chi connectivity index (χ1) is 7.33. The molecule has 15 heavy (non-hydrogen) atoms. The normalized spacial score (nSPS) is 37.9. The fourth-order valence-corrected chi connectivity index (χ4v) is 3.18. The highest BCUT2D eigenvalue weighted by Crippen LogP contribution is 2.33. The molecular formula is C13H22N2. The van der Waals surface area contributed by atoms with Crippen LogP contribution in [0.2, 0.25) is 0 Å². The summed E-state index contributed by atoms with van der Waals surface area (Å²) in [5.74, 6) is 0. The molecular weight excluding hydrogens is 184 g/mol. The van der Waals surface area contributed by atoms with Crippen molar-refractivity contribution in [3.8, 4) is 0 Å². The van der Waals surface area contributed by atoms with E-state index in [2.05, 4.69) is 29.3 Å². The first-order valence-electron chi connectivity index (χ1n) is 6.49. The maximum Gasteiger partial charge on any atom is 0.0212 e. The minimum absolute atomic E-state index is 0.737. The van der Waals surface area contributed by atoms with Crippen LogP contribution in [0.4, 0.5) is 0 Å². The van der Waals surface area contributed by atoms with Crippen molar-refractivity contribution in [1.82, 2.24) is 10.2 Å². The lowest BCUT2D eigenvalue weighted by molar-refractivity contribution is 0.254. The Morgan fingerprint density at radius 2 is 1.87 bits per heavy atom. The highest BCUT2D eigenvalue weighted by atomic mass is 15.3. The molecule has 2 aliphatic carbocycles. The van der Waals surface area contributed by atoms with Crippen LogP contribution in [0.25, 0.3) is 0 Å². The largest absolute Gasteiger partial charge is 0.309 e. The van der Waals surface area contributed by atoms with E-state index in [9.17, 15) is 0 Å². The van der Waals surface area contributed by atoms with Gasteiger partial charge in [-0.25, -0.2) is 0 Å². The van der Waals surface area contributed by atoms with Crippen LogP contribution < -0.4 is 5.32 Å². The fraction of sp³-hybridized carbons (Fsp3) is 0.846. The monoisotopic (exact) mass is 206 g/mol. The van der Waals surface area contributed by atoms with E-state index in [0.29, 0.717) is 0 Å². The second-order valence-corrected chi connectivity index (χ2v) is 5.52. The van der Waals surface area contributed by atoms with Crippen LogP contribution in [-0.4, -0.2) is 35.6 Å². The van der Waals surface area contributed by atoms with Gasteiger partial charge in [-0.15, -0.1) is 0 Å².